The summed E-state index contributed by atoms with van der Waals surface area (Å²) in [6.07, 6.45) is 1.70. The third kappa shape index (κ3) is 3.12. The Balaban J connectivity index is 2.22. The van der Waals surface area contributed by atoms with E-state index in [2.05, 4.69) is 4.98 Å². The van der Waals surface area contributed by atoms with E-state index in [1.54, 1.807) is 18.3 Å². The Labute approximate surface area is 111 Å². The summed E-state index contributed by atoms with van der Waals surface area (Å²) in [7, 11) is 0. The normalized spacial score (nSPS) is 11.2. The van der Waals surface area contributed by atoms with E-state index in [9.17, 15) is 4.39 Å². The van der Waals surface area contributed by atoms with Crippen LogP contribution in [0.3, 0.4) is 0 Å². The number of halogens is 1. The molecular formula is C14H17FN2O2. The van der Waals surface area contributed by atoms with Crippen molar-refractivity contribution in [3.63, 3.8) is 0 Å². The zero-order valence-corrected chi connectivity index (χ0v) is 11.0. The molecule has 0 aliphatic rings. The number of hydrogen-bond donors (Lipinski definition) is 1. The fraction of sp³-hybridized carbons (Fsp3) is 0.357. The predicted octanol–water partition coefficient (Wildman–Crippen LogP) is 2.76. The molecule has 2 N–H and O–H groups in total. The standard InChI is InChI=1S/C14H17FN2O2/c1-9(2)18-6-7-19-14-11(15)8-12(16)10-4-3-5-17-13(10)14/h3-5,8-9H,6-7,16H2,1-2H3. The van der Waals surface area contributed by atoms with Crippen molar-refractivity contribution in [2.45, 2.75) is 20.0 Å². The smallest absolute Gasteiger partial charge is 0.181 e. The second kappa shape index (κ2) is 5.84. The van der Waals surface area contributed by atoms with Crippen molar-refractivity contribution in [2.75, 3.05) is 18.9 Å². The van der Waals surface area contributed by atoms with Crippen LogP contribution in [0, 0.1) is 5.82 Å². The van der Waals surface area contributed by atoms with Gasteiger partial charge in [-0.2, -0.15) is 0 Å². The van der Waals surface area contributed by atoms with Gasteiger partial charge in [-0.15, -0.1) is 0 Å². The molecule has 0 aliphatic carbocycles. The molecule has 1 heterocycles. The van der Waals surface area contributed by atoms with Gasteiger partial charge in [0.15, 0.2) is 11.6 Å². The van der Waals surface area contributed by atoms with Crippen molar-refractivity contribution in [1.29, 1.82) is 0 Å². The van der Waals surface area contributed by atoms with Gasteiger partial charge in [0.05, 0.1) is 12.7 Å². The summed E-state index contributed by atoms with van der Waals surface area (Å²) in [6, 6.07) is 4.79. The molecule has 5 heteroatoms. The molecule has 0 saturated carbocycles. The molecule has 0 radical (unpaired) electrons. The summed E-state index contributed by atoms with van der Waals surface area (Å²) in [4.78, 5) is 4.13. The predicted molar refractivity (Wildman–Crippen MR) is 72.7 cm³/mol. The number of pyridine rings is 1. The summed E-state index contributed by atoms with van der Waals surface area (Å²) < 4.78 is 24.7. The molecule has 0 spiro atoms. The van der Waals surface area contributed by atoms with Gasteiger partial charge in [0, 0.05) is 23.3 Å². The molecule has 0 atom stereocenters. The Morgan fingerprint density at radius 3 is 2.89 bits per heavy atom. The first-order valence-corrected chi connectivity index (χ1v) is 6.16. The first kappa shape index (κ1) is 13.5. The number of nitrogens with zero attached hydrogens (tertiary/aromatic N) is 1. The first-order valence-electron chi connectivity index (χ1n) is 6.16. The van der Waals surface area contributed by atoms with E-state index in [4.69, 9.17) is 15.2 Å². The van der Waals surface area contributed by atoms with Gasteiger partial charge in [0.25, 0.3) is 0 Å². The average molecular weight is 264 g/mol. The highest BCUT2D eigenvalue weighted by Crippen LogP contribution is 2.31. The minimum absolute atomic E-state index is 0.120. The highest BCUT2D eigenvalue weighted by molar-refractivity contribution is 5.94. The van der Waals surface area contributed by atoms with Crippen LogP contribution < -0.4 is 10.5 Å². The Kier molecular flexibility index (Phi) is 4.16. The van der Waals surface area contributed by atoms with Crippen LogP contribution in [0.5, 0.6) is 5.75 Å². The number of benzene rings is 1. The molecule has 0 fully saturated rings. The van der Waals surface area contributed by atoms with Crippen molar-refractivity contribution in [1.82, 2.24) is 4.98 Å². The number of anilines is 1. The van der Waals surface area contributed by atoms with Gasteiger partial charge < -0.3 is 15.2 Å². The lowest BCUT2D eigenvalue weighted by Gasteiger charge is -2.12. The van der Waals surface area contributed by atoms with Crippen molar-refractivity contribution in [2.24, 2.45) is 0 Å². The maximum absolute atomic E-state index is 13.9. The molecule has 2 rings (SSSR count). The van der Waals surface area contributed by atoms with Crippen LogP contribution in [-0.4, -0.2) is 24.3 Å². The van der Waals surface area contributed by atoms with Gasteiger partial charge in [0.1, 0.15) is 12.1 Å². The van der Waals surface area contributed by atoms with Crippen LogP contribution in [-0.2, 0) is 4.74 Å². The van der Waals surface area contributed by atoms with E-state index in [1.807, 2.05) is 13.8 Å². The maximum Gasteiger partial charge on any atom is 0.181 e. The van der Waals surface area contributed by atoms with Gasteiger partial charge in [-0.3, -0.25) is 4.98 Å². The van der Waals surface area contributed by atoms with Gasteiger partial charge in [0.2, 0.25) is 0 Å². The third-order valence-corrected chi connectivity index (χ3v) is 2.61. The Hall–Kier alpha value is -1.88. The number of hydrogen-bond acceptors (Lipinski definition) is 4. The molecule has 1 aromatic heterocycles. The van der Waals surface area contributed by atoms with Gasteiger partial charge in [-0.05, 0) is 26.0 Å². The third-order valence-electron chi connectivity index (χ3n) is 2.61. The summed E-state index contributed by atoms with van der Waals surface area (Å²) >= 11 is 0. The van der Waals surface area contributed by atoms with Crippen LogP contribution >= 0.6 is 0 Å². The molecular weight excluding hydrogens is 247 g/mol. The van der Waals surface area contributed by atoms with Gasteiger partial charge in [-0.1, -0.05) is 0 Å². The second-order valence-electron chi connectivity index (χ2n) is 4.44. The molecule has 1 aromatic carbocycles. The van der Waals surface area contributed by atoms with Gasteiger partial charge >= 0.3 is 0 Å². The topological polar surface area (TPSA) is 57.4 Å². The number of aromatic nitrogens is 1. The highest BCUT2D eigenvalue weighted by Gasteiger charge is 2.13. The number of fused-ring (bicyclic) bond motifs is 1. The number of rotatable bonds is 5. The molecule has 0 saturated heterocycles. The van der Waals surface area contributed by atoms with Crippen molar-refractivity contribution in [3.8, 4) is 5.75 Å². The van der Waals surface area contributed by atoms with E-state index < -0.39 is 5.82 Å². The van der Waals surface area contributed by atoms with Crippen LogP contribution in [0.25, 0.3) is 10.9 Å². The van der Waals surface area contributed by atoms with E-state index >= 15 is 0 Å². The summed E-state index contributed by atoms with van der Waals surface area (Å²) in [6.45, 7) is 4.53. The van der Waals surface area contributed by atoms with Crippen molar-refractivity contribution < 1.29 is 13.9 Å². The molecule has 2 aromatic rings. The Bertz CT molecular complexity index is 573. The molecule has 0 aliphatic heterocycles. The molecule has 0 amide bonds. The highest BCUT2D eigenvalue weighted by atomic mass is 19.1. The Morgan fingerprint density at radius 2 is 2.16 bits per heavy atom. The largest absolute Gasteiger partial charge is 0.486 e. The SMILES string of the molecule is CC(C)OCCOc1c(F)cc(N)c2cccnc12. The fourth-order valence-corrected chi connectivity index (χ4v) is 1.78. The minimum Gasteiger partial charge on any atom is -0.486 e. The van der Waals surface area contributed by atoms with E-state index in [-0.39, 0.29) is 18.5 Å². The first-order chi connectivity index (χ1) is 9.09. The molecule has 4 nitrogen and oxygen atoms in total. The van der Waals surface area contributed by atoms with Gasteiger partial charge in [-0.25, -0.2) is 4.39 Å². The van der Waals surface area contributed by atoms with Crippen molar-refractivity contribution in [3.05, 3.63) is 30.2 Å². The fourth-order valence-electron chi connectivity index (χ4n) is 1.78. The lowest BCUT2D eigenvalue weighted by molar-refractivity contribution is 0.0547. The monoisotopic (exact) mass is 264 g/mol. The average Bonchev–Trinajstić information content (AvgIpc) is 2.37. The number of nitrogen functional groups attached to an aromatic ring is 1. The molecule has 0 bridgehead atoms. The van der Waals surface area contributed by atoms with E-state index in [0.717, 1.165) is 0 Å². The van der Waals surface area contributed by atoms with Crippen LogP contribution in [0.1, 0.15) is 13.8 Å². The zero-order valence-electron chi connectivity index (χ0n) is 11.0. The quantitative estimate of drug-likeness (QED) is 0.666. The number of ether oxygens (including phenoxy) is 2. The lowest BCUT2D eigenvalue weighted by atomic mass is 10.1. The van der Waals surface area contributed by atoms with Crippen LogP contribution in [0.2, 0.25) is 0 Å². The van der Waals surface area contributed by atoms with E-state index in [0.29, 0.717) is 23.2 Å². The maximum atomic E-state index is 13.9. The summed E-state index contributed by atoms with van der Waals surface area (Å²) in [5, 5.41) is 0.684. The minimum atomic E-state index is -0.506. The molecule has 0 unspecified atom stereocenters. The summed E-state index contributed by atoms with van der Waals surface area (Å²) in [5.74, 6) is -0.384. The Morgan fingerprint density at radius 1 is 1.37 bits per heavy atom. The zero-order chi connectivity index (χ0) is 13.8. The summed E-state index contributed by atoms with van der Waals surface area (Å²) in [5.41, 5.74) is 6.55. The van der Waals surface area contributed by atoms with Crippen LogP contribution in [0.4, 0.5) is 10.1 Å². The number of nitrogens with two attached hydrogens (primary N) is 1. The lowest BCUT2D eigenvalue weighted by Crippen LogP contribution is -2.12. The van der Waals surface area contributed by atoms with E-state index in [1.165, 1.54) is 6.07 Å². The van der Waals surface area contributed by atoms with Crippen LogP contribution in [0.15, 0.2) is 24.4 Å². The molecule has 102 valence electrons. The second-order valence-corrected chi connectivity index (χ2v) is 4.44. The van der Waals surface area contributed by atoms with Crippen molar-refractivity contribution >= 4 is 16.6 Å². The molecule has 19 heavy (non-hydrogen) atoms.